The molecule has 4 rings (SSSR count). The van der Waals surface area contributed by atoms with Gasteiger partial charge < -0.3 is 9.47 Å². The number of halogens is 2. The standard InChI is InChI=1S/C22H20F2N2O3S/c1-28-19-11-16(8-9-18(19)29-21(23)24)20(27)26-22-25-17(12-30-22)15-7-6-13-4-2-3-5-14(13)10-15/h6-12,21H,2-5H2,1H3,(H,25,26,27). The molecule has 8 heteroatoms. The summed E-state index contributed by atoms with van der Waals surface area (Å²) in [5.41, 5.74) is 4.86. The van der Waals surface area contributed by atoms with Crippen molar-refractivity contribution in [3.05, 3.63) is 58.5 Å². The maximum atomic E-state index is 12.6. The lowest BCUT2D eigenvalue weighted by molar-refractivity contribution is -0.0512. The molecule has 1 N–H and O–H groups in total. The summed E-state index contributed by atoms with van der Waals surface area (Å²) in [6, 6.07) is 10.4. The summed E-state index contributed by atoms with van der Waals surface area (Å²) < 4.78 is 34.3. The molecule has 1 aliphatic rings. The number of amides is 1. The fourth-order valence-electron chi connectivity index (χ4n) is 3.53. The molecule has 0 bridgehead atoms. The van der Waals surface area contributed by atoms with Gasteiger partial charge >= 0.3 is 6.61 Å². The first kappa shape index (κ1) is 20.3. The normalized spacial score (nSPS) is 13.1. The Morgan fingerprint density at radius 3 is 2.67 bits per heavy atom. The van der Waals surface area contributed by atoms with E-state index in [1.54, 1.807) is 0 Å². The third kappa shape index (κ3) is 4.43. The number of nitrogens with one attached hydrogen (secondary N) is 1. The summed E-state index contributed by atoms with van der Waals surface area (Å²) >= 11 is 1.33. The van der Waals surface area contributed by atoms with Gasteiger partial charge in [-0.1, -0.05) is 12.1 Å². The number of rotatable bonds is 6. The van der Waals surface area contributed by atoms with Crippen LogP contribution < -0.4 is 14.8 Å². The van der Waals surface area contributed by atoms with Gasteiger partial charge in [-0.15, -0.1) is 11.3 Å². The number of hydrogen-bond acceptors (Lipinski definition) is 5. The molecule has 3 aromatic rings. The van der Waals surface area contributed by atoms with Crippen LogP contribution in [0.4, 0.5) is 13.9 Å². The van der Waals surface area contributed by atoms with Crippen molar-refractivity contribution in [2.45, 2.75) is 32.3 Å². The first-order chi connectivity index (χ1) is 14.5. The fraction of sp³-hybridized carbons (Fsp3) is 0.273. The zero-order chi connectivity index (χ0) is 21.1. The molecule has 1 amide bonds. The minimum atomic E-state index is -2.98. The lowest BCUT2D eigenvalue weighted by Gasteiger charge is -2.16. The largest absolute Gasteiger partial charge is 0.493 e. The lowest BCUT2D eigenvalue weighted by Crippen LogP contribution is -2.12. The number of carbonyl (C=O) groups is 1. The molecule has 0 saturated heterocycles. The number of methoxy groups -OCH3 is 1. The summed E-state index contributed by atoms with van der Waals surface area (Å²) in [7, 11) is 1.32. The number of anilines is 1. The van der Waals surface area contributed by atoms with Gasteiger partial charge in [-0.25, -0.2) is 4.98 Å². The van der Waals surface area contributed by atoms with E-state index >= 15 is 0 Å². The third-order valence-corrected chi connectivity index (χ3v) is 5.77. The highest BCUT2D eigenvalue weighted by Gasteiger charge is 2.16. The van der Waals surface area contributed by atoms with Crippen molar-refractivity contribution >= 4 is 22.4 Å². The molecule has 30 heavy (non-hydrogen) atoms. The van der Waals surface area contributed by atoms with Crippen LogP contribution in [0.5, 0.6) is 11.5 Å². The second-order valence-corrected chi connectivity index (χ2v) is 7.78. The highest BCUT2D eigenvalue weighted by atomic mass is 32.1. The Labute approximate surface area is 176 Å². The summed E-state index contributed by atoms with van der Waals surface area (Å²) in [4.78, 5) is 17.1. The summed E-state index contributed by atoms with van der Waals surface area (Å²) in [5.74, 6) is -0.493. The second-order valence-electron chi connectivity index (χ2n) is 6.93. The number of hydrogen-bond donors (Lipinski definition) is 1. The molecular weight excluding hydrogens is 410 g/mol. The first-order valence-corrected chi connectivity index (χ1v) is 10.4. The molecule has 1 aromatic heterocycles. The molecule has 156 valence electrons. The van der Waals surface area contributed by atoms with Crippen LogP contribution in [0.25, 0.3) is 11.3 Å². The van der Waals surface area contributed by atoms with Crippen molar-refractivity contribution in [2.75, 3.05) is 12.4 Å². The molecule has 2 aromatic carbocycles. The van der Waals surface area contributed by atoms with Gasteiger partial charge in [-0.3, -0.25) is 10.1 Å². The zero-order valence-corrected chi connectivity index (χ0v) is 17.1. The quantitative estimate of drug-likeness (QED) is 0.557. The average Bonchev–Trinajstić information content (AvgIpc) is 3.21. The number of benzene rings is 2. The van der Waals surface area contributed by atoms with Gasteiger partial charge in [-0.2, -0.15) is 8.78 Å². The SMILES string of the molecule is COc1cc(C(=O)Nc2nc(-c3ccc4c(c3)CCCC4)cs2)ccc1OC(F)F. The molecule has 1 aliphatic carbocycles. The van der Waals surface area contributed by atoms with Gasteiger partial charge in [0, 0.05) is 16.5 Å². The minimum Gasteiger partial charge on any atom is -0.493 e. The van der Waals surface area contributed by atoms with E-state index in [1.165, 1.54) is 60.6 Å². The van der Waals surface area contributed by atoms with Gasteiger partial charge in [0.25, 0.3) is 5.91 Å². The maximum Gasteiger partial charge on any atom is 0.387 e. The smallest absolute Gasteiger partial charge is 0.387 e. The van der Waals surface area contributed by atoms with Crippen molar-refractivity contribution in [3.8, 4) is 22.8 Å². The van der Waals surface area contributed by atoms with E-state index in [0.29, 0.717) is 5.13 Å². The average molecular weight is 430 g/mol. The molecule has 0 saturated carbocycles. The van der Waals surface area contributed by atoms with E-state index in [4.69, 9.17) is 4.74 Å². The first-order valence-electron chi connectivity index (χ1n) is 9.55. The number of fused-ring (bicyclic) bond motifs is 1. The van der Waals surface area contributed by atoms with Crippen molar-refractivity contribution in [1.82, 2.24) is 4.98 Å². The Morgan fingerprint density at radius 2 is 1.90 bits per heavy atom. The number of alkyl halides is 2. The van der Waals surface area contributed by atoms with E-state index < -0.39 is 12.5 Å². The molecule has 0 radical (unpaired) electrons. The number of ether oxygens (including phenoxy) is 2. The fourth-order valence-corrected chi connectivity index (χ4v) is 4.24. The minimum absolute atomic E-state index is 0.0526. The molecule has 0 unspecified atom stereocenters. The summed E-state index contributed by atoms with van der Waals surface area (Å²) in [6.07, 6.45) is 4.65. The lowest BCUT2D eigenvalue weighted by atomic mass is 9.90. The van der Waals surface area contributed by atoms with Gasteiger partial charge in [-0.05, 0) is 61.1 Å². The third-order valence-electron chi connectivity index (χ3n) is 5.01. The van der Waals surface area contributed by atoms with Crippen LogP contribution >= 0.6 is 11.3 Å². The Morgan fingerprint density at radius 1 is 1.10 bits per heavy atom. The maximum absolute atomic E-state index is 12.6. The topological polar surface area (TPSA) is 60.5 Å². The molecular formula is C22H20F2N2O3S. The molecule has 0 spiro atoms. The Balaban J connectivity index is 1.49. The Kier molecular flexibility index (Phi) is 5.94. The molecule has 0 fully saturated rings. The monoisotopic (exact) mass is 430 g/mol. The number of aryl methyl sites for hydroxylation is 2. The Bertz CT molecular complexity index is 1070. The number of carbonyl (C=O) groups excluding carboxylic acids is 1. The summed E-state index contributed by atoms with van der Waals surface area (Å²) in [5, 5.41) is 5.11. The van der Waals surface area contributed by atoms with Crippen molar-refractivity contribution in [2.24, 2.45) is 0 Å². The number of aromatic nitrogens is 1. The number of thiazole rings is 1. The van der Waals surface area contributed by atoms with Gasteiger partial charge in [0.1, 0.15) is 0 Å². The van der Waals surface area contributed by atoms with Crippen LogP contribution in [-0.2, 0) is 12.8 Å². The highest BCUT2D eigenvalue weighted by molar-refractivity contribution is 7.14. The molecule has 0 atom stereocenters. The van der Waals surface area contributed by atoms with Gasteiger partial charge in [0.15, 0.2) is 16.6 Å². The van der Waals surface area contributed by atoms with Gasteiger partial charge in [0.05, 0.1) is 12.8 Å². The van der Waals surface area contributed by atoms with E-state index in [2.05, 4.69) is 33.2 Å². The highest BCUT2D eigenvalue weighted by Crippen LogP contribution is 2.31. The van der Waals surface area contributed by atoms with E-state index in [0.717, 1.165) is 24.1 Å². The van der Waals surface area contributed by atoms with Crippen LogP contribution in [0.1, 0.15) is 34.3 Å². The second kappa shape index (κ2) is 8.79. The predicted octanol–water partition coefficient (Wildman–Crippen LogP) is 5.55. The van der Waals surface area contributed by atoms with Crippen LogP contribution in [-0.4, -0.2) is 24.6 Å². The zero-order valence-electron chi connectivity index (χ0n) is 16.3. The van der Waals surface area contributed by atoms with E-state index in [9.17, 15) is 13.6 Å². The molecule has 1 heterocycles. The van der Waals surface area contributed by atoms with Crippen LogP contribution in [0.3, 0.4) is 0 Å². The van der Waals surface area contributed by atoms with Crippen LogP contribution in [0, 0.1) is 0 Å². The molecule has 5 nitrogen and oxygen atoms in total. The van der Waals surface area contributed by atoms with Gasteiger partial charge in [0.2, 0.25) is 0 Å². The van der Waals surface area contributed by atoms with Crippen molar-refractivity contribution in [1.29, 1.82) is 0 Å². The van der Waals surface area contributed by atoms with Crippen LogP contribution in [0.2, 0.25) is 0 Å². The summed E-state index contributed by atoms with van der Waals surface area (Å²) in [6.45, 7) is -2.98. The van der Waals surface area contributed by atoms with E-state index in [1.807, 2.05) is 5.38 Å². The predicted molar refractivity (Wildman–Crippen MR) is 112 cm³/mol. The van der Waals surface area contributed by atoms with Crippen LogP contribution in [0.15, 0.2) is 41.8 Å². The number of nitrogens with zero attached hydrogens (tertiary/aromatic N) is 1. The Hall–Kier alpha value is -3.00. The molecule has 0 aliphatic heterocycles. The van der Waals surface area contributed by atoms with Crippen molar-refractivity contribution < 1.29 is 23.0 Å². The van der Waals surface area contributed by atoms with Crippen molar-refractivity contribution in [3.63, 3.8) is 0 Å². The van der Waals surface area contributed by atoms with E-state index in [-0.39, 0.29) is 17.1 Å².